The van der Waals surface area contributed by atoms with Gasteiger partial charge in [0.25, 0.3) is 0 Å². The Morgan fingerprint density at radius 1 is 1.56 bits per heavy atom. The molecule has 1 amide bonds. The number of nitrogens with one attached hydrogen (secondary N) is 1. The third-order valence-corrected chi connectivity index (χ3v) is 2.67. The molecule has 0 aliphatic heterocycles. The van der Waals surface area contributed by atoms with Crippen molar-refractivity contribution in [3.8, 4) is 0 Å². The fourth-order valence-electron chi connectivity index (χ4n) is 1.85. The number of aromatic nitrogens is 1. The van der Waals surface area contributed by atoms with Gasteiger partial charge in [0.05, 0.1) is 6.54 Å². The van der Waals surface area contributed by atoms with E-state index >= 15 is 0 Å². The Hall–Kier alpha value is -1.46. The molecule has 0 aliphatic carbocycles. The molecule has 0 aromatic carbocycles. The second-order valence-electron chi connectivity index (χ2n) is 4.68. The molecule has 1 atom stereocenters. The van der Waals surface area contributed by atoms with Gasteiger partial charge in [0.1, 0.15) is 0 Å². The van der Waals surface area contributed by atoms with E-state index in [2.05, 4.69) is 10.3 Å². The van der Waals surface area contributed by atoms with E-state index in [0.29, 0.717) is 13.1 Å². The van der Waals surface area contributed by atoms with Gasteiger partial charge in [-0.2, -0.15) is 0 Å². The molecule has 5 nitrogen and oxygen atoms in total. The molecule has 0 radical (unpaired) electrons. The van der Waals surface area contributed by atoms with Crippen molar-refractivity contribution in [1.29, 1.82) is 0 Å². The van der Waals surface area contributed by atoms with Crippen molar-refractivity contribution >= 4 is 5.91 Å². The van der Waals surface area contributed by atoms with Crippen LogP contribution in [0.4, 0.5) is 0 Å². The van der Waals surface area contributed by atoms with Crippen LogP contribution in [0.2, 0.25) is 0 Å². The monoisotopic (exact) mass is 250 g/mol. The lowest BCUT2D eigenvalue weighted by Crippen LogP contribution is -2.41. The van der Waals surface area contributed by atoms with Gasteiger partial charge < -0.3 is 11.1 Å². The van der Waals surface area contributed by atoms with E-state index in [1.165, 1.54) is 0 Å². The summed E-state index contributed by atoms with van der Waals surface area (Å²) in [6.45, 7) is 4.67. The molecule has 5 heteroatoms. The quantitative estimate of drug-likeness (QED) is 0.773. The average molecular weight is 250 g/mol. The van der Waals surface area contributed by atoms with Crippen molar-refractivity contribution in [2.75, 3.05) is 20.1 Å². The highest BCUT2D eigenvalue weighted by molar-refractivity contribution is 5.78. The maximum atomic E-state index is 11.7. The smallest absolute Gasteiger partial charge is 0.234 e. The summed E-state index contributed by atoms with van der Waals surface area (Å²) >= 11 is 0. The van der Waals surface area contributed by atoms with Crippen molar-refractivity contribution in [2.24, 2.45) is 5.73 Å². The van der Waals surface area contributed by atoms with Gasteiger partial charge in [-0.3, -0.25) is 14.7 Å². The molecule has 0 saturated carbocycles. The van der Waals surface area contributed by atoms with Gasteiger partial charge in [-0.1, -0.05) is 6.07 Å². The Bertz CT molecular complexity index is 367. The summed E-state index contributed by atoms with van der Waals surface area (Å²) in [7, 11) is 1.89. The van der Waals surface area contributed by atoms with Gasteiger partial charge in [0, 0.05) is 31.0 Å². The van der Waals surface area contributed by atoms with Crippen molar-refractivity contribution < 1.29 is 4.79 Å². The van der Waals surface area contributed by atoms with Crippen LogP contribution in [0.3, 0.4) is 0 Å². The maximum Gasteiger partial charge on any atom is 0.234 e. The lowest BCUT2D eigenvalue weighted by atomic mass is 10.1. The molecular weight excluding hydrogens is 228 g/mol. The second-order valence-corrected chi connectivity index (χ2v) is 4.68. The minimum absolute atomic E-state index is 0.00911. The standard InChI is InChI=1S/C13H22N4O/c1-10(2)16-13(18)9-17(3)12(7-14)11-5-4-6-15-8-11/h4-6,8,10,12H,7,9,14H2,1-3H3,(H,16,18). The Morgan fingerprint density at radius 2 is 2.28 bits per heavy atom. The van der Waals surface area contributed by atoms with E-state index in [4.69, 9.17) is 5.73 Å². The lowest BCUT2D eigenvalue weighted by Gasteiger charge is -2.26. The van der Waals surface area contributed by atoms with Gasteiger partial charge in [-0.25, -0.2) is 0 Å². The van der Waals surface area contributed by atoms with Gasteiger partial charge in [0.15, 0.2) is 0 Å². The molecule has 0 saturated heterocycles. The van der Waals surface area contributed by atoms with Crippen LogP contribution in [-0.2, 0) is 4.79 Å². The first-order chi connectivity index (χ1) is 8.54. The Balaban J connectivity index is 2.63. The highest BCUT2D eigenvalue weighted by Gasteiger charge is 2.18. The first-order valence-corrected chi connectivity index (χ1v) is 6.14. The minimum Gasteiger partial charge on any atom is -0.353 e. The molecule has 0 aliphatic rings. The van der Waals surface area contributed by atoms with Crippen LogP contribution < -0.4 is 11.1 Å². The van der Waals surface area contributed by atoms with Crippen molar-refractivity contribution in [1.82, 2.24) is 15.2 Å². The highest BCUT2D eigenvalue weighted by atomic mass is 16.2. The summed E-state index contributed by atoms with van der Waals surface area (Å²) in [5.41, 5.74) is 6.81. The van der Waals surface area contributed by atoms with Crippen LogP contribution in [0, 0.1) is 0 Å². The first kappa shape index (κ1) is 14.6. The molecule has 0 spiro atoms. The molecule has 1 aromatic rings. The predicted molar refractivity (Wildman–Crippen MR) is 71.9 cm³/mol. The van der Waals surface area contributed by atoms with Crippen LogP contribution >= 0.6 is 0 Å². The number of amides is 1. The molecule has 0 fully saturated rings. The van der Waals surface area contributed by atoms with E-state index in [-0.39, 0.29) is 18.0 Å². The molecule has 18 heavy (non-hydrogen) atoms. The predicted octanol–water partition coefficient (Wildman–Crippen LogP) is 0.538. The van der Waals surface area contributed by atoms with Gasteiger partial charge in [0.2, 0.25) is 5.91 Å². The van der Waals surface area contributed by atoms with Crippen molar-refractivity contribution in [2.45, 2.75) is 25.9 Å². The normalized spacial score (nSPS) is 12.8. The van der Waals surface area contributed by atoms with Crippen LogP contribution in [0.25, 0.3) is 0 Å². The lowest BCUT2D eigenvalue weighted by molar-refractivity contribution is -0.122. The number of nitrogens with two attached hydrogens (primary N) is 1. The van der Waals surface area contributed by atoms with Crippen LogP contribution in [0.1, 0.15) is 25.5 Å². The number of rotatable bonds is 6. The molecule has 1 rings (SSSR count). The summed E-state index contributed by atoms with van der Waals surface area (Å²) in [6.07, 6.45) is 3.51. The fourth-order valence-corrected chi connectivity index (χ4v) is 1.85. The topological polar surface area (TPSA) is 71.2 Å². The van der Waals surface area contributed by atoms with E-state index in [1.807, 2.05) is 37.9 Å². The number of hydrogen-bond donors (Lipinski definition) is 2. The van der Waals surface area contributed by atoms with Crippen LogP contribution in [-0.4, -0.2) is 42.0 Å². The van der Waals surface area contributed by atoms with E-state index in [0.717, 1.165) is 5.56 Å². The van der Waals surface area contributed by atoms with E-state index in [1.54, 1.807) is 12.4 Å². The highest BCUT2D eigenvalue weighted by Crippen LogP contribution is 2.16. The Morgan fingerprint density at radius 3 is 2.78 bits per heavy atom. The number of hydrogen-bond acceptors (Lipinski definition) is 4. The van der Waals surface area contributed by atoms with Crippen LogP contribution in [0.15, 0.2) is 24.5 Å². The molecule has 1 unspecified atom stereocenters. The average Bonchev–Trinajstić information content (AvgIpc) is 2.29. The number of carbonyl (C=O) groups is 1. The molecule has 1 heterocycles. The third-order valence-electron chi connectivity index (χ3n) is 2.67. The Kier molecular flexibility index (Phi) is 5.74. The molecular formula is C13H22N4O. The summed E-state index contributed by atoms with van der Waals surface area (Å²) < 4.78 is 0. The zero-order chi connectivity index (χ0) is 13.5. The number of likely N-dealkylation sites (N-methyl/N-ethyl adjacent to an activating group) is 1. The summed E-state index contributed by atoms with van der Waals surface area (Å²) in [6, 6.07) is 4.01. The van der Waals surface area contributed by atoms with Crippen molar-refractivity contribution in [3.05, 3.63) is 30.1 Å². The third kappa shape index (κ3) is 4.43. The SMILES string of the molecule is CC(C)NC(=O)CN(C)C(CN)c1cccnc1. The van der Waals surface area contributed by atoms with Gasteiger partial charge >= 0.3 is 0 Å². The molecule has 0 bridgehead atoms. The van der Waals surface area contributed by atoms with Gasteiger partial charge in [-0.05, 0) is 32.5 Å². The number of pyridine rings is 1. The Labute approximate surface area is 108 Å². The molecule has 1 aromatic heterocycles. The fraction of sp³-hybridized carbons (Fsp3) is 0.538. The number of nitrogens with zero attached hydrogens (tertiary/aromatic N) is 2. The van der Waals surface area contributed by atoms with E-state index < -0.39 is 0 Å². The summed E-state index contributed by atoms with van der Waals surface area (Å²) in [5.74, 6) is 0.00911. The van der Waals surface area contributed by atoms with E-state index in [9.17, 15) is 4.79 Å². The van der Waals surface area contributed by atoms with Crippen LogP contribution in [0.5, 0.6) is 0 Å². The number of carbonyl (C=O) groups excluding carboxylic acids is 1. The summed E-state index contributed by atoms with van der Waals surface area (Å²) in [5, 5.41) is 2.87. The zero-order valence-corrected chi connectivity index (χ0v) is 11.3. The van der Waals surface area contributed by atoms with Crippen molar-refractivity contribution in [3.63, 3.8) is 0 Å². The second kappa shape index (κ2) is 7.08. The molecule has 100 valence electrons. The minimum atomic E-state index is 0.00911. The zero-order valence-electron chi connectivity index (χ0n) is 11.3. The van der Waals surface area contributed by atoms with Gasteiger partial charge in [-0.15, -0.1) is 0 Å². The summed E-state index contributed by atoms with van der Waals surface area (Å²) in [4.78, 5) is 17.7. The molecule has 3 N–H and O–H groups in total. The largest absolute Gasteiger partial charge is 0.353 e. The first-order valence-electron chi connectivity index (χ1n) is 6.14. The maximum absolute atomic E-state index is 11.7.